The van der Waals surface area contributed by atoms with E-state index in [1.807, 2.05) is 70.1 Å². The highest BCUT2D eigenvalue weighted by Gasteiger charge is 2.20. The molecule has 0 saturated heterocycles. The third-order valence-electron chi connectivity index (χ3n) is 6.29. The molecule has 0 bridgehead atoms. The number of rotatable bonds is 7. The first-order valence-corrected chi connectivity index (χ1v) is 12.4. The predicted molar refractivity (Wildman–Crippen MR) is 148 cm³/mol. The Kier molecular flexibility index (Phi) is 7.34. The largest absolute Gasteiger partial charge is 0.476 e. The van der Waals surface area contributed by atoms with Gasteiger partial charge in [-0.15, -0.1) is 0 Å². The molecule has 2 heterocycles. The lowest BCUT2D eigenvalue weighted by Gasteiger charge is -2.20. The molecule has 1 unspecified atom stereocenters. The van der Waals surface area contributed by atoms with Crippen LogP contribution < -0.4 is 10.7 Å². The number of benzene rings is 1. The Morgan fingerprint density at radius 3 is 2.65 bits per heavy atom. The summed E-state index contributed by atoms with van der Waals surface area (Å²) in [6.45, 7) is 7.84. The van der Waals surface area contributed by atoms with E-state index in [-0.39, 0.29) is 17.2 Å². The van der Waals surface area contributed by atoms with Gasteiger partial charge in [0.1, 0.15) is 11.3 Å². The summed E-state index contributed by atoms with van der Waals surface area (Å²) in [5.74, 6) is -0.598. The van der Waals surface area contributed by atoms with E-state index in [2.05, 4.69) is 23.4 Å². The maximum atomic E-state index is 13.2. The maximum Gasteiger partial charge on any atom is 0.356 e. The van der Waals surface area contributed by atoms with Gasteiger partial charge in [0.25, 0.3) is 0 Å². The van der Waals surface area contributed by atoms with Crippen LogP contribution in [0.3, 0.4) is 0 Å². The number of fused-ring (bicyclic) bond motifs is 1. The fourth-order valence-electron chi connectivity index (χ4n) is 4.67. The van der Waals surface area contributed by atoms with Crippen LogP contribution in [0.5, 0.6) is 0 Å². The standard InChI is InChI=1S/C30H33N3O4/c1-7-22-8-9-25(28(32-22)30(35)36)31-19(4)23-12-18(3)13-24-26(34)15-27(37-29(23)24)21-11-17(2)10-20(14-21)16-33(5)6/h8-9,11-16,19,31H,7,10H2,1-6H3,(H,35,36)/b20-16+. The molecular formula is C30H33N3O4. The van der Waals surface area contributed by atoms with Crippen molar-refractivity contribution in [2.24, 2.45) is 0 Å². The SMILES string of the molecule is CCc1ccc(NC(C)c2cc(C)cc3c(=O)cc(C4=C/C(=C/N(C)C)CC(C)=C4)oc23)c(C(=O)O)n1. The molecule has 0 fully saturated rings. The first kappa shape index (κ1) is 25.9. The van der Waals surface area contributed by atoms with Gasteiger partial charge in [0, 0.05) is 43.2 Å². The Balaban J connectivity index is 1.82. The van der Waals surface area contributed by atoms with Crippen LogP contribution in [0.4, 0.5) is 5.69 Å². The highest BCUT2D eigenvalue weighted by atomic mass is 16.4. The number of carboxylic acid groups (broad SMARTS) is 1. The van der Waals surface area contributed by atoms with Gasteiger partial charge in [-0.25, -0.2) is 9.78 Å². The van der Waals surface area contributed by atoms with Crippen LogP contribution in [0.25, 0.3) is 16.5 Å². The molecule has 2 N–H and O–H groups in total. The van der Waals surface area contributed by atoms with Crippen LogP contribution in [-0.4, -0.2) is 35.1 Å². The van der Waals surface area contributed by atoms with Crippen molar-refractivity contribution in [1.82, 2.24) is 9.88 Å². The Morgan fingerprint density at radius 1 is 1.22 bits per heavy atom. The molecule has 1 atom stereocenters. The van der Waals surface area contributed by atoms with Crippen molar-refractivity contribution in [3.05, 3.63) is 98.3 Å². The lowest BCUT2D eigenvalue weighted by atomic mass is 9.94. The van der Waals surface area contributed by atoms with Gasteiger partial charge in [-0.05, 0) is 69.0 Å². The van der Waals surface area contributed by atoms with Gasteiger partial charge in [0.05, 0.1) is 17.1 Å². The average Bonchev–Trinajstić information content (AvgIpc) is 2.83. The quantitative estimate of drug-likeness (QED) is 0.405. The van der Waals surface area contributed by atoms with Crippen LogP contribution in [-0.2, 0) is 6.42 Å². The van der Waals surface area contributed by atoms with Crippen molar-refractivity contribution in [2.75, 3.05) is 19.4 Å². The highest BCUT2D eigenvalue weighted by molar-refractivity contribution is 5.92. The van der Waals surface area contributed by atoms with Crippen LogP contribution >= 0.6 is 0 Å². The van der Waals surface area contributed by atoms with E-state index in [0.717, 1.165) is 28.7 Å². The number of allylic oxidation sites excluding steroid dienone is 5. The van der Waals surface area contributed by atoms with Crippen LogP contribution in [0.2, 0.25) is 0 Å². The molecule has 7 nitrogen and oxygen atoms in total. The first-order valence-electron chi connectivity index (χ1n) is 12.4. The number of anilines is 1. The van der Waals surface area contributed by atoms with E-state index in [0.29, 0.717) is 34.5 Å². The maximum absolute atomic E-state index is 13.2. The second-order valence-electron chi connectivity index (χ2n) is 9.86. The molecule has 0 radical (unpaired) electrons. The molecule has 0 saturated carbocycles. The summed E-state index contributed by atoms with van der Waals surface area (Å²) in [4.78, 5) is 31.4. The number of nitrogens with one attached hydrogen (secondary N) is 1. The second kappa shape index (κ2) is 10.5. The van der Waals surface area contributed by atoms with E-state index in [1.165, 1.54) is 5.57 Å². The van der Waals surface area contributed by atoms with Gasteiger partial charge in [-0.3, -0.25) is 4.79 Å². The minimum absolute atomic E-state index is 0.0292. The minimum atomic E-state index is -1.10. The summed E-state index contributed by atoms with van der Waals surface area (Å²) in [5.41, 5.74) is 6.29. The lowest BCUT2D eigenvalue weighted by molar-refractivity contribution is 0.0691. The Morgan fingerprint density at radius 2 is 1.97 bits per heavy atom. The Bertz CT molecular complexity index is 1530. The number of aromatic carboxylic acids is 1. The van der Waals surface area contributed by atoms with Crippen LogP contribution in [0.15, 0.2) is 69.0 Å². The van der Waals surface area contributed by atoms with Gasteiger partial charge >= 0.3 is 5.97 Å². The van der Waals surface area contributed by atoms with Crippen molar-refractivity contribution < 1.29 is 14.3 Å². The highest BCUT2D eigenvalue weighted by Crippen LogP contribution is 2.33. The molecule has 7 heteroatoms. The van der Waals surface area contributed by atoms with Gasteiger partial charge in [0.2, 0.25) is 0 Å². The summed E-state index contributed by atoms with van der Waals surface area (Å²) >= 11 is 0. The summed E-state index contributed by atoms with van der Waals surface area (Å²) in [6.07, 6.45) is 7.64. The van der Waals surface area contributed by atoms with Gasteiger partial charge in [0.15, 0.2) is 11.1 Å². The molecule has 192 valence electrons. The van der Waals surface area contributed by atoms with E-state index in [4.69, 9.17) is 4.42 Å². The van der Waals surface area contributed by atoms with E-state index in [9.17, 15) is 14.7 Å². The summed E-state index contributed by atoms with van der Waals surface area (Å²) in [7, 11) is 3.96. The number of carbonyl (C=O) groups is 1. The van der Waals surface area contributed by atoms with Gasteiger partial charge < -0.3 is 19.7 Å². The number of pyridine rings is 1. The van der Waals surface area contributed by atoms with E-state index in [1.54, 1.807) is 12.1 Å². The van der Waals surface area contributed by atoms with Crippen molar-refractivity contribution in [3.8, 4) is 0 Å². The third-order valence-corrected chi connectivity index (χ3v) is 6.29. The smallest absolute Gasteiger partial charge is 0.356 e. The van der Waals surface area contributed by atoms with Gasteiger partial charge in [-0.2, -0.15) is 0 Å². The van der Waals surface area contributed by atoms with Crippen molar-refractivity contribution >= 4 is 28.2 Å². The number of aryl methyl sites for hydroxylation is 2. The minimum Gasteiger partial charge on any atom is -0.476 e. The predicted octanol–water partition coefficient (Wildman–Crippen LogP) is 6.11. The lowest BCUT2D eigenvalue weighted by Crippen LogP contribution is -2.14. The van der Waals surface area contributed by atoms with Crippen molar-refractivity contribution in [1.29, 1.82) is 0 Å². The third kappa shape index (κ3) is 5.66. The molecule has 1 aliphatic rings. The molecular weight excluding hydrogens is 466 g/mol. The normalized spacial score (nSPS) is 15.4. The summed E-state index contributed by atoms with van der Waals surface area (Å²) < 4.78 is 6.42. The van der Waals surface area contributed by atoms with Crippen LogP contribution in [0, 0.1) is 6.92 Å². The Labute approximate surface area is 216 Å². The first-order chi connectivity index (χ1) is 17.5. The summed E-state index contributed by atoms with van der Waals surface area (Å²) in [6, 6.07) is 8.55. The fraction of sp³-hybridized carbons (Fsp3) is 0.300. The Hall–Kier alpha value is -4.13. The second-order valence-corrected chi connectivity index (χ2v) is 9.86. The number of nitrogens with zero attached hydrogens (tertiary/aromatic N) is 2. The molecule has 1 aliphatic carbocycles. The molecule has 2 aromatic heterocycles. The van der Waals surface area contributed by atoms with E-state index < -0.39 is 5.97 Å². The van der Waals surface area contributed by atoms with Crippen LogP contribution in [0.1, 0.15) is 66.3 Å². The molecule has 37 heavy (non-hydrogen) atoms. The topological polar surface area (TPSA) is 95.7 Å². The summed E-state index contributed by atoms with van der Waals surface area (Å²) in [5, 5.41) is 13.5. The average molecular weight is 500 g/mol. The number of aromatic nitrogens is 1. The number of hydrogen-bond donors (Lipinski definition) is 2. The number of carboxylic acids is 1. The fourth-order valence-corrected chi connectivity index (χ4v) is 4.67. The van der Waals surface area contributed by atoms with Crippen molar-refractivity contribution in [3.63, 3.8) is 0 Å². The zero-order valence-electron chi connectivity index (χ0n) is 22.2. The molecule has 1 aromatic carbocycles. The zero-order valence-corrected chi connectivity index (χ0v) is 22.2. The molecule has 0 spiro atoms. The number of hydrogen-bond acceptors (Lipinski definition) is 6. The van der Waals surface area contributed by atoms with Gasteiger partial charge in [-0.1, -0.05) is 24.6 Å². The van der Waals surface area contributed by atoms with Crippen molar-refractivity contribution in [2.45, 2.75) is 46.6 Å². The van der Waals surface area contributed by atoms with E-state index >= 15 is 0 Å². The molecule has 4 rings (SSSR count). The molecule has 3 aromatic rings. The molecule has 0 aliphatic heterocycles. The monoisotopic (exact) mass is 499 g/mol. The molecule has 0 amide bonds. The zero-order chi connectivity index (χ0) is 26.9.